The van der Waals surface area contributed by atoms with E-state index in [0.29, 0.717) is 25.2 Å². The number of fused-ring (bicyclic) bond motifs is 1. The van der Waals surface area contributed by atoms with Crippen LogP contribution in [0.1, 0.15) is 46.5 Å². The molecule has 9 heteroatoms. The Morgan fingerprint density at radius 3 is 2.41 bits per heavy atom. The van der Waals surface area contributed by atoms with Crippen molar-refractivity contribution in [1.29, 1.82) is 5.26 Å². The van der Waals surface area contributed by atoms with Gasteiger partial charge in [0.1, 0.15) is 4.90 Å². The Morgan fingerprint density at radius 1 is 1.03 bits per heavy atom. The maximum atomic E-state index is 13.2. The lowest BCUT2D eigenvalue weighted by molar-refractivity contribution is 0.0765. The second kappa shape index (κ2) is 8.28. The van der Waals surface area contributed by atoms with Gasteiger partial charge >= 0.3 is 0 Å². The average Bonchev–Trinajstić information content (AvgIpc) is 2.94. The van der Waals surface area contributed by atoms with E-state index in [0.717, 1.165) is 23.0 Å². The average molecular weight is 453 g/mol. The predicted octanol–water partition coefficient (Wildman–Crippen LogP) is 2.46. The van der Waals surface area contributed by atoms with Crippen LogP contribution in [0.4, 0.5) is 5.69 Å². The summed E-state index contributed by atoms with van der Waals surface area (Å²) in [5, 5.41) is 8.97. The topological polar surface area (TPSA) is 102 Å². The molecule has 4 rings (SSSR count). The van der Waals surface area contributed by atoms with E-state index in [-0.39, 0.29) is 21.9 Å². The molecule has 0 aliphatic carbocycles. The van der Waals surface area contributed by atoms with Gasteiger partial charge in [0.05, 0.1) is 17.2 Å². The Kier molecular flexibility index (Phi) is 5.65. The van der Waals surface area contributed by atoms with E-state index in [2.05, 4.69) is 11.0 Å². The van der Waals surface area contributed by atoms with Crippen molar-refractivity contribution in [2.45, 2.75) is 31.2 Å². The molecule has 2 amide bonds. The third-order valence-corrected chi connectivity index (χ3v) is 7.81. The van der Waals surface area contributed by atoms with Gasteiger partial charge in [-0.1, -0.05) is 0 Å². The fourth-order valence-corrected chi connectivity index (χ4v) is 5.99. The molecule has 0 radical (unpaired) electrons. The molecule has 166 valence electrons. The number of nitrogens with zero attached hydrogens (tertiary/aromatic N) is 4. The first-order chi connectivity index (χ1) is 15.2. The van der Waals surface area contributed by atoms with Crippen LogP contribution in [0.5, 0.6) is 0 Å². The summed E-state index contributed by atoms with van der Waals surface area (Å²) >= 11 is 0. The molecule has 2 aromatic carbocycles. The van der Waals surface area contributed by atoms with Crippen molar-refractivity contribution in [2.24, 2.45) is 0 Å². The Bertz CT molecular complexity index is 1220. The number of carbonyl (C=O) groups excluding carboxylic acids is 2. The number of sulfonamides is 1. The number of anilines is 1. The van der Waals surface area contributed by atoms with Gasteiger partial charge in [0, 0.05) is 43.5 Å². The molecule has 0 atom stereocenters. The lowest BCUT2D eigenvalue weighted by Crippen LogP contribution is -2.36. The molecular weight excluding hydrogens is 428 g/mol. The molecule has 0 spiro atoms. The monoisotopic (exact) mass is 452 g/mol. The van der Waals surface area contributed by atoms with E-state index in [1.54, 1.807) is 30.9 Å². The van der Waals surface area contributed by atoms with Crippen molar-refractivity contribution < 1.29 is 18.0 Å². The van der Waals surface area contributed by atoms with Crippen molar-refractivity contribution in [2.75, 3.05) is 31.1 Å². The minimum Gasteiger partial charge on any atom is -0.370 e. The van der Waals surface area contributed by atoms with E-state index in [4.69, 9.17) is 5.26 Å². The number of carbonyl (C=O) groups is 2. The van der Waals surface area contributed by atoms with Crippen LogP contribution >= 0.6 is 0 Å². The maximum Gasteiger partial charge on any atom is 0.269 e. The largest absolute Gasteiger partial charge is 0.370 e. The lowest BCUT2D eigenvalue weighted by Gasteiger charge is -2.24. The maximum absolute atomic E-state index is 13.2. The summed E-state index contributed by atoms with van der Waals surface area (Å²) in [4.78, 5) is 29.5. The molecule has 2 aliphatic rings. The fourth-order valence-electron chi connectivity index (χ4n) is 4.20. The molecular formula is C23H24N4O4S. The summed E-state index contributed by atoms with van der Waals surface area (Å²) < 4.78 is 26.6. The van der Waals surface area contributed by atoms with Crippen molar-refractivity contribution in [3.8, 4) is 6.07 Å². The molecule has 0 unspecified atom stereocenters. The van der Waals surface area contributed by atoms with Crippen molar-refractivity contribution >= 4 is 27.5 Å². The Balaban J connectivity index is 1.53. The second-order valence-electron chi connectivity index (χ2n) is 8.20. The molecule has 0 aromatic heterocycles. The minimum atomic E-state index is -3.96. The molecule has 1 fully saturated rings. The summed E-state index contributed by atoms with van der Waals surface area (Å²) in [7, 11) is -3.96. The highest BCUT2D eigenvalue weighted by atomic mass is 32.2. The van der Waals surface area contributed by atoms with E-state index in [9.17, 15) is 18.0 Å². The summed E-state index contributed by atoms with van der Waals surface area (Å²) in [6, 6.07) is 13.3. The predicted molar refractivity (Wildman–Crippen MR) is 119 cm³/mol. The first-order valence-electron chi connectivity index (χ1n) is 10.5. The quantitative estimate of drug-likeness (QED) is 0.709. The molecule has 0 saturated carbocycles. The second-order valence-corrected chi connectivity index (χ2v) is 9.99. The third-order valence-electron chi connectivity index (χ3n) is 5.81. The zero-order valence-electron chi connectivity index (χ0n) is 18.0. The van der Waals surface area contributed by atoms with Gasteiger partial charge in [0.2, 0.25) is 0 Å². The highest BCUT2D eigenvalue weighted by Gasteiger charge is 2.43. The van der Waals surface area contributed by atoms with Crippen LogP contribution in [-0.2, 0) is 10.0 Å². The van der Waals surface area contributed by atoms with Crippen LogP contribution in [0.2, 0.25) is 0 Å². The minimum absolute atomic E-state index is 0.101. The Morgan fingerprint density at radius 2 is 1.75 bits per heavy atom. The molecule has 0 bridgehead atoms. The van der Waals surface area contributed by atoms with Gasteiger partial charge in [-0.05, 0) is 62.7 Å². The zero-order valence-corrected chi connectivity index (χ0v) is 18.8. The van der Waals surface area contributed by atoms with Gasteiger partial charge in [0.25, 0.3) is 21.8 Å². The van der Waals surface area contributed by atoms with Crippen LogP contribution in [0.15, 0.2) is 47.4 Å². The highest BCUT2D eigenvalue weighted by Crippen LogP contribution is 2.33. The Hall–Kier alpha value is -3.38. The molecule has 2 heterocycles. The molecule has 2 aromatic rings. The van der Waals surface area contributed by atoms with Crippen molar-refractivity contribution in [3.63, 3.8) is 0 Å². The highest BCUT2D eigenvalue weighted by molar-refractivity contribution is 7.90. The number of hydrogen-bond donors (Lipinski definition) is 0. The first kappa shape index (κ1) is 21.8. The lowest BCUT2D eigenvalue weighted by atomic mass is 10.1. The first-order valence-corrected chi connectivity index (χ1v) is 11.9. The number of amides is 2. The number of nitriles is 1. The summed E-state index contributed by atoms with van der Waals surface area (Å²) in [6.07, 6.45) is 0.759. The van der Waals surface area contributed by atoms with Crippen LogP contribution in [0.25, 0.3) is 0 Å². The third kappa shape index (κ3) is 3.71. The van der Waals surface area contributed by atoms with Crippen LogP contribution in [0, 0.1) is 11.3 Å². The van der Waals surface area contributed by atoms with Crippen LogP contribution < -0.4 is 4.90 Å². The smallest absolute Gasteiger partial charge is 0.269 e. The van der Waals surface area contributed by atoms with Gasteiger partial charge in [-0.3, -0.25) is 9.59 Å². The summed E-state index contributed by atoms with van der Waals surface area (Å²) in [6.45, 7) is 5.72. The number of hydrogen-bond acceptors (Lipinski definition) is 6. The molecule has 1 saturated heterocycles. The molecule has 2 aliphatic heterocycles. The van der Waals surface area contributed by atoms with Gasteiger partial charge in [-0.15, -0.1) is 0 Å². The summed E-state index contributed by atoms with van der Waals surface area (Å²) in [5.74, 6) is -0.804. The van der Waals surface area contributed by atoms with E-state index in [1.165, 1.54) is 18.2 Å². The normalized spacial score (nSPS) is 17.8. The van der Waals surface area contributed by atoms with Crippen LogP contribution in [-0.4, -0.2) is 61.7 Å². The van der Waals surface area contributed by atoms with Gasteiger partial charge < -0.3 is 9.80 Å². The molecule has 32 heavy (non-hydrogen) atoms. The van der Waals surface area contributed by atoms with Crippen molar-refractivity contribution in [3.05, 3.63) is 59.2 Å². The van der Waals surface area contributed by atoms with Crippen molar-refractivity contribution in [1.82, 2.24) is 9.21 Å². The fraction of sp³-hybridized carbons (Fsp3) is 0.348. The van der Waals surface area contributed by atoms with Crippen LogP contribution in [0.3, 0.4) is 0 Å². The van der Waals surface area contributed by atoms with Gasteiger partial charge in [-0.2, -0.15) is 5.26 Å². The number of benzene rings is 2. The summed E-state index contributed by atoms with van der Waals surface area (Å²) in [5.41, 5.74) is 1.96. The van der Waals surface area contributed by atoms with E-state index in [1.807, 2.05) is 12.1 Å². The van der Waals surface area contributed by atoms with Gasteiger partial charge in [0.15, 0.2) is 0 Å². The Labute approximate surface area is 187 Å². The van der Waals surface area contributed by atoms with Gasteiger partial charge in [-0.25, -0.2) is 12.7 Å². The van der Waals surface area contributed by atoms with E-state index >= 15 is 0 Å². The zero-order chi connectivity index (χ0) is 23.0. The van der Waals surface area contributed by atoms with E-state index < -0.39 is 22.0 Å². The molecule has 0 N–H and O–H groups in total. The number of rotatable bonds is 3. The SMILES string of the molecule is CC(C)N1C(=O)c2ccc(C(=O)N3CCCN(c4ccc(C#N)cc4)CC3)cc2S1(=O)=O. The standard InChI is InChI=1S/C23H24N4O4S/c1-16(2)27-23(29)20-9-6-18(14-21(20)32(27,30)31)22(28)26-11-3-10-25(12-13-26)19-7-4-17(15-24)5-8-19/h4-9,14,16H,3,10-13H2,1-2H3. The molecule has 8 nitrogen and oxygen atoms in total.